The van der Waals surface area contributed by atoms with Gasteiger partial charge in [0.1, 0.15) is 6.26 Å². The molecule has 0 radical (unpaired) electrons. The summed E-state index contributed by atoms with van der Waals surface area (Å²) in [5.74, 6) is -0.538. The molecule has 0 bridgehead atoms. The van der Waals surface area contributed by atoms with Crippen molar-refractivity contribution in [3.63, 3.8) is 0 Å². The van der Waals surface area contributed by atoms with Crippen molar-refractivity contribution in [1.29, 1.82) is 0 Å². The van der Waals surface area contributed by atoms with Gasteiger partial charge in [-0.1, -0.05) is 0 Å². The van der Waals surface area contributed by atoms with E-state index in [-0.39, 0.29) is 34.6 Å². The number of amides is 1. The zero-order valence-corrected chi connectivity index (χ0v) is 15.1. The molecule has 140 valence electrons. The fourth-order valence-electron chi connectivity index (χ4n) is 2.54. The van der Waals surface area contributed by atoms with Gasteiger partial charge in [-0.25, -0.2) is 4.68 Å². The molecular formula is C17H19N7O3. The number of aromatic nitrogens is 4. The lowest BCUT2D eigenvalue weighted by Crippen LogP contribution is -2.13. The van der Waals surface area contributed by atoms with Crippen LogP contribution in [0, 0.1) is 6.92 Å². The van der Waals surface area contributed by atoms with Crippen molar-refractivity contribution >= 4 is 22.5 Å². The fourth-order valence-corrected chi connectivity index (χ4v) is 2.54. The summed E-state index contributed by atoms with van der Waals surface area (Å²) in [5, 5.41) is 15.0. The molecule has 0 aromatic carbocycles. The number of nitrogens with two attached hydrogens (primary N) is 2. The first-order chi connectivity index (χ1) is 12.8. The monoisotopic (exact) mass is 369 g/mol. The average molecular weight is 369 g/mol. The molecule has 0 aliphatic heterocycles. The van der Waals surface area contributed by atoms with Crippen LogP contribution >= 0.6 is 0 Å². The van der Waals surface area contributed by atoms with Gasteiger partial charge in [-0.2, -0.15) is 10.1 Å². The summed E-state index contributed by atoms with van der Waals surface area (Å²) in [5.41, 5.74) is 12.8. The van der Waals surface area contributed by atoms with Crippen molar-refractivity contribution in [3.05, 3.63) is 47.3 Å². The third-order valence-electron chi connectivity index (χ3n) is 3.76. The first-order valence-electron chi connectivity index (χ1n) is 8.15. The Balaban J connectivity index is 2.16. The molecule has 10 heteroatoms. The third-order valence-corrected chi connectivity index (χ3v) is 3.76. The number of hydrogen-bond donors (Lipinski definition) is 3. The number of fused-ring (bicyclic) bond motifs is 1. The number of aliphatic hydroxyl groups excluding tert-OH is 1. The highest BCUT2D eigenvalue weighted by Gasteiger charge is 2.21. The molecule has 0 saturated carbocycles. The molecule has 0 aliphatic rings. The molecule has 0 aliphatic carbocycles. The minimum absolute atomic E-state index is 0.0681. The maximum Gasteiger partial charge on any atom is 0.269 e. The van der Waals surface area contributed by atoms with Crippen LogP contribution in [-0.2, 0) is 0 Å². The Morgan fingerprint density at radius 2 is 2.15 bits per heavy atom. The maximum absolute atomic E-state index is 11.7. The number of rotatable bonds is 5. The fraction of sp³-hybridized carbons (Fsp3) is 0.235. The summed E-state index contributed by atoms with van der Waals surface area (Å²) in [4.78, 5) is 24.5. The van der Waals surface area contributed by atoms with Crippen LogP contribution in [0.15, 0.2) is 39.4 Å². The number of aliphatic hydroxyl groups is 1. The molecule has 3 rings (SSSR count). The molecule has 0 saturated heterocycles. The van der Waals surface area contributed by atoms with Crippen molar-refractivity contribution in [2.45, 2.75) is 20.8 Å². The molecule has 3 heterocycles. The lowest BCUT2D eigenvalue weighted by Gasteiger charge is -2.03. The number of aryl methyl sites for hydroxylation is 1. The van der Waals surface area contributed by atoms with E-state index in [2.05, 4.69) is 20.1 Å². The predicted molar refractivity (Wildman–Crippen MR) is 98.8 cm³/mol. The molecule has 3 aromatic heterocycles. The normalized spacial score (nSPS) is 13.1. The molecule has 0 fully saturated rings. The molecule has 0 unspecified atom stereocenters. The first-order valence-corrected chi connectivity index (χ1v) is 8.15. The van der Waals surface area contributed by atoms with Crippen LogP contribution < -0.4 is 11.5 Å². The molecule has 0 atom stereocenters. The number of oxazole rings is 1. The van der Waals surface area contributed by atoms with E-state index in [0.29, 0.717) is 17.4 Å². The Morgan fingerprint density at radius 3 is 2.78 bits per heavy atom. The zero-order valence-electron chi connectivity index (χ0n) is 15.1. The smallest absolute Gasteiger partial charge is 0.269 e. The Bertz CT molecular complexity index is 1090. The van der Waals surface area contributed by atoms with Crippen molar-refractivity contribution in [2.24, 2.45) is 16.5 Å². The van der Waals surface area contributed by atoms with Crippen molar-refractivity contribution in [2.75, 3.05) is 6.54 Å². The van der Waals surface area contributed by atoms with E-state index in [1.54, 1.807) is 33.0 Å². The van der Waals surface area contributed by atoms with Gasteiger partial charge in [-0.15, -0.1) is 0 Å². The number of pyridine rings is 1. The lowest BCUT2D eigenvalue weighted by molar-refractivity contribution is 0.0996. The number of nitrogens with zero attached hydrogens (tertiary/aromatic N) is 5. The zero-order chi connectivity index (χ0) is 19.7. The number of carbonyl (C=O) groups is 1. The standard InChI is InChI=1S/C17H19N7O3/c1-4-20-14(15(25)9(3)18)17-22-12(7-27-17)24-11-6-21-8(2)5-10(11)13(23-24)16(19)26/h5-7,25H,4,18H2,1-3H3,(H2,19,26)/b15-9+,20-14?. The minimum atomic E-state index is -0.666. The Labute approximate surface area is 154 Å². The van der Waals surface area contributed by atoms with Crippen LogP contribution in [0.4, 0.5) is 0 Å². The number of hydrogen-bond acceptors (Lipinski definition) is 8. The Kier molecular flexibility index (Phi) is 4.63. The van der Waals surface area contributed by atoms with Gasteiger partial charge in [-0.05, 0) is 26.8 Å². The molecule has 3 aromatic rings. The van der Waals surface area contributed by atoms with Gasteiger partial charge in [0.25, 0.3) is 11.8 Å². The van der Waals surface area contributed by atoms with Crippen molar-refractivity contribution < 1.29 is 14.3 Å². The molecule has 10 nitrogen and oxygen atoms in total. The second kappa shape index (κ2) is 6.90. The molecule has 1 amide bonds. The highest BCUT2D eigenvalue weighted by atomic mass is 16.3. The molecule has 5 N–H and O–H groups in total. The Morgan fingerprint density at radius 1 is 1.41 bits per heavy atom. The third kappa shape index (κ3) is 3.24. The maximum atomic E-state index is 11.7. The average Bonchev–Trinajstić information content (AvgIpc) is 3.23. The van der Waals surface area contributed by atoms with Gasteiger partial charge in [0.15, 0.2) is 23.0 Å². The van der Waals surface area contributed by atoms with Crippen molar-refractivity contribution in [1.82, 2.24) is 19.7 Å². The van der Waals surface area contributed by atoms with E-state index in [9.17, 15) is 9.90 Å². The first kappa shape index (κ1) is 18.1. The summed E-state index contributed by atoms with van der Waals surface area (Å²) in [6.45, 7) is 5.53. The second-order valence-corrected chi connectivity index (χ2v) is 5.83. The van der Waals surface area contributed by atoms with Gasteiger partial charge in [0.2, 0.25) is 0 Å². The molecular weight excluding hydrogens is 350 g/mol. The van der Waals surface area contributed by atoms with Crippen LogP contribution in [-0.4, -0.2) is 43.0 Å². The van der Waals surface area contributed by atoms with Crippen LogP contribution in [0.5, 0.6) is 0 Å². The van der Waals surface area contributed by atoms with Gasteiger partial charge in [0.05, 0.1) is 11.7 Å². The van der Waals surface area contributed by atoms with Crippen molar-refractivity contribution in [3.8, 4) is 5.82 Å². The molecule has 27 heavy (non-hydrogen) atoms. The summed E-state index contributed by atoms with van der Waals surface area (Å²) >= 11 is 0. The van der Waals surface area contributed by atoms with Crippen LogP contribution in [0.3, 0.4) is 0 Å². The van der Waals surface area contributed by atoms with E-state index in [0.717, 1.165) is 5.69 Å². The van der Waals surface area contributed by atoms with Crippen LogP contribution in [0.1, 0.15) is 35.9 Å². The van der Waals surface area contributed by atoms with Crippen LogP contribution in [0.25, 0.3) is 16.7 Å². The quantitative estimate of drug-likeness (QED) is 0.452. The number of allylic oxidation sites excluding steroid dienone is 2. The van der Waals surface area contributed by atoms with E-state index in [1.165, 1.54) is 10.9 Å². The minimum Gasteiger partial charge on any atom is -0.504 e. The van der Waals surface area contributed by atoms with Gasteiger partial charge in [0, 0.05) is 23.3 Å². The summed E-state index contributed by atoms with van der Waals surface area (Å²) < 4.78 is 6.86. The van der Waals surface area contributed by atoms with E-state index < -0.39 is 5.91 Å². The largest absolute Gasteiger partial charge is 0.504 e. The van der Waals surface area contributed by atoms with E-state index in [4.69, 9.17) is 15.9 Å². The topological polar surface area (TPSA) is 158 Å². The number of primary amides is 1. The van der Waals surface area contributed by atoms with Gasteiger partial charge < -0.3 is 21.0 Å². The van der Waals surface area contributed by atoms with Gasteiger partial charge in [-0.3, -0.25) is 14.8 Å². The lowest BCUT2D eigenvalue weighted by atomic mass is 10.2. The molecule has 0 spiro atoms. The van der Waals surface area contributed by atoms with Gasteiger partial charge >= 0.3 is 0 Å². The van der Waals surface area contributed by atoms with Crippen LogP contribution in [0.2, 0.25) is 0 Å². The predicted octanol–water partition coefficient (Wildman–Crippen LogP) is 1.37. The summed E-state index contributed by atoms with van der Waals surface area (Å²) in [6, 6.07) is 1.72. The summed E-state index contributed by atoms with van der Waals surface area (Å²) in [6.07, 6.45) is 2.90. The summed E-state index contributed by atoms with van der Waals surface area (Å²) in [7, 11) is 0. The Hall–Kier alpha value is -3.69. The van der Waals surface area contributed by atoms with E-state index >= 15 is 0 Å². The van der Waals surface area contributed by atoms with E-state index in [1.807, 2.05) is 0 Å². The highest BCUT2D eigenvalue weighted by molar-refractivity contribution is 6.08. The second-order valence-electron chi connectivity index (χ2n) is 5.83. The number of carbonyl (C=O) groups excluding carboxylic acids is 1. The highest BCUT2D eigenvalue weighted by Crippen LogP contribution is 2.22. The SMILES string of the molecule is CCN=C(/C(O)=C(/C)N)c1nc(-n2nc(C(N)=O)c3cc(C)ncc32)co1. The number of aliphatic imine (C=N–C) groups is 1.